The average molecular weight is 473 g/mol. The van der Waals surface area contributed by atoms with E-state index in [9.17, 15) is 9.59 Å². The first-order chi connectivity index (χ1) is 15.6. The van der Waals surface area contributed by atoms with Crippen LogP contribution < -0.4 is 5.32 Å². The van der Waals surface area contributed by atoms with Gasteiger partial charge in [0.05, 0.1) is 0 Å². The molecule has 0 radical (unpaired) electrons. The molecule has 1 N–H and O–H groups in total. The lowest BCUT2D eigenvalue weighted by atomic mass is 9.91. The molecule has 3 rings (SSSR count). The second-order valence-corrected chi connectivity index (χ2v) is 10.0. The molecule has 2 atom stereocenters. The summed E-state index contributed by atoms with van der Waals surface area (Å²) in [7, 11) is 0. The second-order valence-electron chi connectivity index (χ2n) is 9.60. The number of amides is 2. The van der Waals surface area contributed by atoms with Gasteiger partial charge < -0.3 is 20.0 Å². The summed E-state index contributed by atoms with van der Waals surface area (Å²) in [6.45, 7) is 19.0. The molecule has 33 heavy (non-hydrogen) atoms. The van der Waals surface area contributed by atoms with Gasteiger partial charge in [-0.2, -0.15) is 0 Å². The van der Waals surface area contributed by atoms with Crippen LogP contribution >= 0.6 is 11.6 Å². The van der Waals surface area contributed by atoms with Gasteiger partial charge in [0, 0.05) is 80.3 Å². The maximum Gasteiger partial charge on any atom is 0.223 e. The normalized spacial score (nSPS) is 21.0. The average Bonchev–Trinajstić information content (AvgIpc) is 2.77. The van der Waals surface area contributed by atoms with E-state index in [2.05, 4.69) is 37.2 Å². The Balaban J connectivity index is 1.58. The number of allylic oxidation sites excluding steroid dienone is 1. The van der Waals surface area contributed by atoms with Crippen molar-refractivity contribution in [3.05, 3.63) is 47.6 Å². The van der Waals surface area contributed by atoms with Crippen molar-refractivity contribution in [3.63, 3.8) is 0 Å². The minimum atomic E-state index is 0.0634. The summed E-state index contributed by atoms with van der Waals surface area (Å²) in [6, 6.07) is 5.76. The monoisotopic (exact) mass is 472 g/mol. The van der Waals surface area contributed by atoms with Gasteiger partial charge in [-0.3, -0.25) is 9.59 Å². The number of likely N-dealkylation sites (tertiary alicyclic amines) is 1. The number of rotatable bonds is 7. The Bertz CT molecular complexity index is 898. The lowest BCUT2D eigenvalue weighted by Crippen LogP contribution is -2.50. The quantitative estimate of drug-likeness (QED) is 0.625. The van der Waals surface area contributed by atoms with Crippen molar-refractivity contribution < 1.29 is 9.59 Å². The standard InChI is InChI=1S/C26H37ClN4O2/c1-18-14-19(2)17-31(16-18)21(4)24-15-23(27)7-8-25(24)28-20(3)6-9-26(33)30-12-10-29(11-13-30)22(5)32/h7-8,15,18-19,28H,3-4,6,9-14,16-17H2,1-2,5H3/t18-,19+. The number of halogens is 1. The smallest absolute Gasteiger partial charge is 0.223 e. The van der Waals surface area contributed by atoms with E-state index < -0.39 is 0 Å². The van der Waals surface area contributed by atoms with E-state index in [4.69, 9.17) is 11.6 Å². The van der Waals surface area contributed by atoms with Crippen LogP contribution in [-0.2, 0) is 9.59 Å². The van der Waals surface area contributed by atoms with Crippen LogP contribution in [0.5, 0.6) is 0 Å². The van der Waals surface area contributed by atoms with E-state index >= 15 is 0 Å². The van der Waals surface area contributed by atoms with E-state index in [1.807, 2.05) is 23.1 Å². The van der Waals surface area contributed by atoms with Crippen LogP contribution in [0.25, 0.3) is 5.70 Å². The molecule has 2 aliphatic heterocycles. The van der Waals surface area contributed by atoms with E-state index in [-0.39, 0.29) is 11.8 Å². The van der Waals surface area contributed by atoms with Crippen LogP contribution in [0.4, 0.5) is 5.69 Å². The number of anilines is 1. The van der Waals surface area contributed by atoms with Gasteiger partial charge in [0.2, 0.25) is 11.8 Å². The number of piperidine rings is 1. The Hall–Kier alpha value is -2.47. The van der Waals surface area contributed by atoms with Crippen LogP contribution in [0, 0.1) is 11.8 Å². The van der Waals surface area contributed by atoms with E-state index in [0.717, 1.165) is 35.7 Å². The molecule has 0 aromatic heterocycles. The number of hydrogen-bond acceptors (Lipinski definition) is 4. The molecule has 2 aliphatic rings. The molecule has 7 heteroatoms. The minimum Gasteiger partial charge on any atom is -0.371 e. The van der Waals surface area contributed by atoms with Crippen molar-refractivity contribution >= 4 is 34.8 Å². The molecule has 0 saturated carbocycles. The minimum absolute atomic E-state index is 0.0634. The maximum absolute atomic E-state index is 12.6. The number of nitrogens with one attached hydrogen (secondary N) is 1. The number of nitrogens with zero attached hydrogens (tertiary/aromatic N) is 3. The molecule has 2 amide bonds. The van der Waals surface area contributed by atoms with E-state index in [0.29, 0.717) is 55.9 Å². The lowest BCUT2D eigenvalue weighted by Gasteiger charge is -2.38. The Labute approximate surface area is 203 Å². The molecular weight excluding hydrogens is 436 g/mol. The van der Waals surface area contributed by atoms with Crippen molar-refractivity contribution in [2.75, 3.05) is 44.6 Å². The number of carbonyl (C=O) groups excluding carboxylic acids is 2. The predicted octanol–water partition coefficient (Wildman–Crippen LogP) is 4.69. The van der Waals surface area contributed by atoms with Crippen LogP contribution in [0.15, 0.2) is 37.1 Å². The van der Waals surface area contributed by atoms with Gasteiger partial charge >= 0.3 is 0 Å². The fourth-order valence-corrected chi connectivity index (χ4v) is 5.03. The zero-order valence-electron chi connectivity index (χ0n) is 20.2. The highest BCUT2D eigenvalue weighted by Gasteiger charge is 2.25. The molecule has 2 heterocycles. The van der Waals surface area contributed by atoms with Crippen LogP contribution in [-0.4, -0.2) is 65.8 Å². The van der Waals surface area contributed by atoms with Gasteiger partial charge in [-0.15, -0.1) is 0 Å². The predicted molar refractivity (Wildman–Crippen MR) is 136 cm³/mol. The van der Waals surface area contributed by atoms with Gasteiger partial charge in [0.1, 0.15) is 0 Å². The lowest BCUT2D eigenvalue weighted by molar-refractivity contribution is -0.138. The number of benzene rings is 1. The molecule has 1 aromatic carbocycles. The molecule has 2 saturated heterocycles. The number of hydrogen-bond donors (Lipinski definition) is 1. The number of carbonyl (C=O) groups is 2. The van der Waals surface area contributed by atoms with Crippen molar-refractivity contribution in [1.82, 2.24) is 14.7 Å². The third-order valence-corrected chi connectivity index (χ3v) is 6.81. The maximum atomic E-state index is 12.6. The summed E-state index contributed by atoms with van der Waals surface area (Å²) in [6.07, 6.45) is 2.16. The summed E-state index contributed by atoms with van der Waals surface area (Å²) in [5, 5.41) is 4.06. The zero-order chi connectivity index (χ0) is 24.1. The van der Waals surface area contributed by atoms with Gasteiger partial charge in [-0.25, -0.2) is 0 Å². The summed E-state index contributed by atoms with van der Waals surface area (Å²) < 4.78 is 0. The zero-order valence-corrected chi connectivity index (χ0v) is 21.0. The molecule has 0 spiro atoms. The molecule has 2 fully saturated rings. The Morgan fingerprint density at radius 1 is 1.00 bits per heavy atom. The number of piperazine rings is 1. The molecule has 180 valence electrons. The van der Waals surface area contributed by atoms with Crippen molar-refractivity contribution in [2.24, 2.45) is 11.8 Å². The molecule has 1 aromatic rings. The molecule has 0 bridgehead atoms. The Morgan fingerprint density at radius 2 is 1.61 bits per heavy atom. The van der Waals surface area contributed by atoms with Crippen molar-refractivity contribution in [3.8, 4) is 0 Å². The fourth-order valence-electron chi connectivity index (χ4n) is 4.86. The first kappa shape index (κ1) is 25.2. The largest absolute Gasteiger partial charge is 0.371 e. The molecule has 0 unspecified atom stereocenters. The Kier molecular flexibility index (Phi) is 8.46. The van der Waals surface area contributed by atoms with E-state index in [1.54, 1.807) is 11.8 Å². The first-order valence-electron chi connectivity index (χ1n) is 11.9. The summed E-state index contributed by atoms with van der Waals surface area (Å²) >= 11 is 6.33. The summed E-state index contributed by atoms with van der Waals surface area (Å²) in [5.41, 5.74) is 3.62. The van der Waals surface area contributed by atoms with Crippen molar-refractivity contribution in [2.45, 2.75) is 40.0 Å². The third-order valence-electron chi connectivity index (χ3n) is 6.57. The first-order valence-corrected chi connectivity index (χ1v) is 12.2. The summed E-state index contributed by atoms with van der Waals surface area (Å²) in [4.78, 5) is 30.1. The van der Waals surface area contributed by atoms with Gasteiger partial charge in [0.25, 0.3) is 0 Å². The summed E-state index contributed by atoms with van der Waals surface area (Å²) in [5.74, 6) is 1.41. The van der Waals surface area contributed by atoms with Gasteiger partial charge in [-0.1, -0.05) is 38.6 Å². The molecular formula is C26H37ClN4O2. The van der Waals surface area contributed by atoms with Gasteiger partial charge in [-0.05, 0) is 42.9 Å². The highest BCUT2D eigenvalue weighted by atomic mass is 35.5. The highest BCUT2D eigenvalue weighted by Crippen LogP contribution is 2.33. The van der Waals surface area contributed by atoms with E-state index in [1.165, 1.54) is 6.42 Å². The van der Waals surface area contributed by atoms with Crippen molar-refractivity contribution in [1.29, 1.82) is 0 Å². The topological polar surface area (TPSA) is 55.9 Å². The van der Waals surface area contributed by atoms with Crippen LogP contribution in [0.2, 0.25) is 5.02 Å². The SMILES string of the molecule is C=C(CCC(=O)N1CCN(C(C)=O)CC1)Nc1ccc(Cl)cc1C(=C)N1C[C@H](C)C[C@H](C)C1. The highest BCUT2D eigenvalue weighted by molar-refractivity contribution is 6.30. The Morgan fingerprint density at radius 3 is 2.21 bits per heavy atom. The molecule has 0 aliphatic carbocycles. The van der Waals surface area contributed by atoms with Crippen LogP contribution in [0.1, 0.15) is 45.6 Å². The molecule has 6 nitrogen and oxygen atoms in total. The fraction of sp³-hybridized carbons (Fsp3) is 0.538. The van der Waals surface area contributed by atoms with Gasteiger partial charge in [0.15, 0.2) is 0 Å². The van der Waals surface area contributed by atoms with Crippen LogP contribution in [0.3, 0.4) is 0 Å². The second kappa shape index (κ2) is 11.1. The third kappa shape index (κ3) is 6.76.